The minimum Gasteiger partial charge on any atom is -0.309 e. The molecule has 0 amide bonds. The summed E-state index contributed by atoms with van der Waals surface area (Å²) >= 11 is 0. The fraction of sp³-hybridized carbons (Fsp3) is 0. The van der Waals surface area contributed by atoms with Gasteiger partial charge in [-0.2, -0.15) is 0 Å². The molecule has 0 saturated carbocycles. The largest absolute Gasteiger partial charge is 0.309 e. The first-order valence-electron chi connectivity index (χ1n) is 7.09. The van der Waals surface area contributed by atoms with Crippen molar-refractivity contribution in [3.63, 3.8) is 0 Å². The fourth-order valence-electron chi connectivity index (χ4n) is 3.32. The van der Waals surface area contributed by atoms with E-state index in [0.29, 0.717) is 0 Å². The van der Waals surface area contributed by atoms with Gasteiger partial charge < -0.3 is 4.40 Å². The lowest BCUT2D eigenvalue weighted by Crippen LogP contribution is -1.84. The maximum Gasteiger partial charge on any atom is 0.0723 e. The van der Waals surface area contributed by atoms with E-state index in [0.717, 1.165) is 5.69 Å². The summed E-state index contributed by atoms with van der Waals surface area (Å²) in [6, 6.07) is 23.4. The number of nitrogens with zero attached hydrogens (tertiary/aromatic N) is 2. The third-order valence-corrected chi connectivity index (χ3v) is 4.21. The molecule has 4 aromatic heterocycles. The number of benzene rings is 1. The van der Waals surface area contributed by atoms with E-state index >= 15 is 0 Å². The molecule has 0 bridgehead atoms. The van der Waals surface area contributed by atoms with Gasteiger partial charge in [0.1, 0.15) is 0 Å². The van der Waals surface area contributed by atoms with Crippen molar-refractivity contribution in [3.05, 3.63) is 72.9 Å². The highest BCUT2D eigenvalue weighted by Crippen LogP contribution is 2.36. The Labute approximate surface area is 121 Å². The van der Waals surface area contributed by atoms with Crippen molar-refractivity contribution in [2.75, 3.05) is 0 Å². The lowest BCUT2D eigenvalue weighted by atomic mass is 10.1. The lowest BCUT2D eigenvalue weighted by Gasteiger charge is -2.00. The van der Waals surface area contributed by atoms with Gasteiger partial charge in [0.25, 0.3) is 0 Å². The summed E-state index contributed by atoms with van der Waals surface area (Å²) in [7, 11) is 0. The van der Waals surface area contributed by atoms with E-state index in [9.17, 15) is 0 Å². The second kappa shape index (κ2) is 3.83. The van der Waals surface area contributed by atoms with Gasteiger partial charge in [0.2, 0.25) is 0 Å². The third-order valence-electron chi connectivity index (χ3n) is 4.21. The minimum atomic E-state index is 1.03. The van der Waals surface area contributed by atoms with Crippen molar-refractivity contribution in [2.24, 2.45) is 0 Å². The first-order chi connectivity index (χ1) is 10.4. The van der Waals surface area contributed by atoms with Crippen LogP contribution in [0.25, 0.3) is 38.6 Å². The summed E-state index contributed by atoms with van der Waals surface area (Å²) < 4.78 is 2.34. The zero-order chi connectivity index (χ0) is 13.8. The number of pyridine rings is 2. The number of fused-ring (bicyclic) bond motifs is 3. The van der Waals surface area contributed by atoms with Crippen LogP contribution >= 0.6 is 0 Å². The van der Waals surface area contributed by atoms with Gasteiger partial charge in [-0.3, -0.25) is 4.98 Å². The standard InChI is InChI=1S/C19H12N2/c1-2-7-14-13(6-1)17-9-5-10-18-15(12-19(14)21(17)18)16-8-3-4-11-20-16/h1-12H. The molecule has 0 aliphatic rings. The molecule has 0 aliphatic carbocycles. The monoisotopic (exact) mass is 268 g/mol. The number of aromatic nitrogens is 2. The van der Waals surface area contributed by atoms with Gasteiger partial charge in [0.05, 0.1) is 22.2 Å². The third kappa shape index (κ3) is 1.34. The molecule has 0 spiro atoms. The van der Waals surface area contributed by atoms with E-state index in [1.54, 1.807) is 0 Å². The molecule has 0 aliphatic heterocycles. The van der Waals surface area contributed by atoms with Crippen LogP contribution in [0.5, 0.6) is 0 Å². The van der Waals surface area contributed by atoms with E-state index in [1.807, 2.05) is 18.3 Å². The van der Waals surface area contributed by atoms with Crippen LogP contribution in [0.3, 0.4) is 0 Å². The molecule has 0 saturated heterocycles. The molecule has 0 unspecified atom stereocenters. The van der Waals surface area contributed by atoms with Crippen LogP contribution in [-0.4, -0.2) is 9.38 Å². The maximum absolute atomic E-state index is 4.51. The molecular formula is C19H12N2. The Morgan fingerprint density at radius 1 is 0.667 bits per heavy atom. The molecule has 0 fully saturated rings. The molecule has 4 heterocycles. The zero-order valence-electron chi connectivity index (χ0n) is 11.3. The molecule has 98 valence electrons. The molecule has 2 heteroatoms. The Morgan fingerprint density at radius 2 is 1.43 bits per heavy atom. The SMILES string of the molecule is c1ccc(-c2cc3c4ccccc4c4cccc2n43)nc1. The van der Waals surface area contributed by atoms with E-state index < -0.39 is 0 Å². The second-order valence-electron chi connectivity index (χ2n) is 5.34. The zero-order valence-corrected chi connectivity index (χ0v) is 11.3. The lowest BCUT2D eigenvalue weighted by molar-refractivity contribution is 1.32. The summed E-state index contributed by atoms with van der Waals surface area (Å²) in [4.78, 5) is 4.51. The Morgan fingerprint density at radius 3 is 2.24 bits per heavy atom. The fourth-order valence-corrected chi connectivity index (χ4v) is 3.32. The molecule has 0 atom stereocenters. The summed E-state index contributed by atoms with van der Waals surface area (Å²) in [6.07, 6.45) is 1.85. The molecule has 5 rings (SSSR count). The summed E-state index contributed by atoms with van der Waals surface area (Å²) in [5, 5.41) is 2.61. The highest BCUT2D eigenvalue weighted by molar-refractivity contribution is 6.12. The predicted molar refractivity (Wildman–Crippen MR) is 86.8 cm³/mol. The smallest absolute Gasteiger partial charge is 0.0723 e. The topological polar surface area (TPSA) is 17.3 Å². The molecule has 2 nitrogen and oxygen atoms in total. The molecule has 5 aromatic rings. The maximum atomic E-state index is 4.51. The van der Waals surface area contributed by atoms with Gasteiger partial charge >= 0.3 is 0 Å². The van der Waals surface area contributed by atoms with E-state index in [4.69, 9.17) is 0 Å². The molecule has 1 aromatic carbocycles. The van der Waals surface area contributed by atoms with Crippen LogP contribution in [0.15, 0.2) is 72.9 Å². The Kier molecular flexibility index (Phi) is 1.98. The van der Waals surface area contributed by atoms with Gasteiger partial charge in [-0.25, -0.2) is 0 Å². The molecule has 0 N–H and O–H groups in total. The molecular weight excluding hydrogens is 256 g/mol. The summed E-state index contributed by atoms with van der Waals surface area (Å²) in [5.41, 5.74) is 5.97. The molecule has 21 heavy (non-hydrogen) atoms. The van der Waals surface area contributed by atoms with Crippen LogP contribution in [-0.2, 0) is 0 Å². The Hall–Kier alpha value is -2.87. The summed E-state index contributed by atoms with van der Waals surface area (Å²) in [6.45, 7) is 0. The van der Waals surface area contributed by atoms with Gasteiger partial charge in [-0.05, 0) is 30.3 Å². The predicted octanol–water partition coefficient (Wildman–Crippen LogP) is 4.75. The van der Waals surface area contributed by atoms with Gasteiger partial charge in [-0.15, -0.1) is 0 Å². The first kappa shape index (κ1) is 10.9. The van der Waals surface area contributed by atoms with Crippen LogP contribution in [0.1, 0.15) is 0 Å². The van der Waals surface area contributed by atoms with Crippen LogP contribution in [0.4, 0.5) is 0 Å². The average molecular weight is 268 g/mol. The second-order valence-corrected chi connectivity index (χ2v) is 5.34. The Bertz CT molecular complexity index is 1070. The minimum absolute atomic E-state index is 1.03. The van der Waals surface area contributed by atoms with Crippen LogP contribution in [0, 0.1) is 0 Å². The quantitative estimate of drug-likeness (QED) is 0.429. The van der Waals surface area contributed by atoms with Gasteiger partial charge in [0.15, 0.2) is 0 Å². The number of hydrogen-bond acceptors (Lipinski definition) is 1. The van der Waals surface area contributed by atoms with Crippen molar-refractivity contribution in [1.82, 2.24) is 9.38 Å². The van der Waals surface area contributed by atoms with Crippen molar-refractivity contribution in [1.29, 1.82) is 0 Å². The number of rotatable bonds is 1. The van der Waals surface area contributed by atoms with Gasteiger partial charge in [-0.1, -0.05) is 36.4 Å². The van der Waals surface area contributed by atoms with Crippen molar-refractivity contribution < 1.29 is 0 Å². The van der Waals surface area contributed by atoms with E-state index in [1.165, 1.54) is 32.9 Å². The first-order valence-corrected chi connectivity index (χ1v) is 7.09. The molecule has 0 radical (unpaired) electrons. The van der Waals surface area contributed by atoms with Crippen molar-refractivity contribution in [3.8, 4) is 11.3 Å². The highest BCUT2D eigenvalue weighted by atomic mass is 14.9. The van der Waals surface area contributed by atoms with Crippen molar-refractivity contribution >= 4 is 27.3 Å². The average Bonchev–Trinajstić information content (AvgIpc) is 3.09. The van der Waals surface area contributed by atoms with Crippen LogP contribution < -0.4 is 0 Å². The van der Waals surface area contributed by atoms with E-state index in [-0.39, 0.29) is 0 Å². The summed E-state index contributed by atoms with van der Waals surface area (Å²) in [5.74, 6) is 0. The highest BCUT2D eigenvalue weighted by Gasteiger charge is 2.15. The normalized spacial score (nSPS) is 11.8. The van der Waals surface area contributed by atoms with Crippen molar-refractivity contribution in [2.45, 2.75) is 0 Å². The number of hydrogen-bond donors (Lipinski definition) is 0. The van der Waals surface area contributed by atoms with Gasteiger partial charge in [0, 0.05) is 22.5 Å². The van der Waals surface area contributed by atoms with Crippen LogP contribution in [0.2, 0.25) is 0 Å². The Balaban J connectivity index is 2.02. The van der Waals surface area contributed by atoms with E-state index in [2.05, 4.69) is 64.0 Å².